The van der Waals surface area contributed by atoms with Crippen LogP contribution in [0.25, 0.3) is 0 Å². The molecule has 1 aliphatic rings. The van der Waals surface area contributed by atoms with Gasteiger partial charge in [0.15, 0.2) is 0 Å². The van der Waals surface area contributed by atoms with E-state index in [-0.39, 0.29) is 22.8 Å². The van der Waals surface area contributed by atoms with Crippen molar-refractivity contribution in [3.05, 3.63) is 29.8 Å². The van der Waals surface area contributed by atoms with Gasteiger partial charge in [0.1, 0.15) is 11.9 Å². The molecule has 0 N–H and O–H groups in total. The van der Waals surface area contributed by atoms with Gasteiger partial charge in [-0.3, -0.25) is 4.79 Å². The Bertz CT molecular complexity index is 616. The Kier molecular flexibility index (Phi) is 3.45. The molecule has 0 spiro atoms. The summed E-state index contributed by atoms with van der Waals surface area (Å²) < 4.78 is 25.8. The van der Waals surface area contributed by atoms with E-state index in [9.17, 15) is 13.2 Å². The highest BCUT2D eigenvalue weighted by atomic mass is 32.2. The highest BCUT2D eigenvalue weighted by Crippen LogP contribution is 2.22. The summed E-state index contributed by atoms with van der Waals surface area (Å²) in [6, 6.07) is 7.89. The van der Waals surface area contributed by atoms with E-state index in [1.807, 2.05) is 6.07 Å². The number of Topliss-reactive ketones (excluding diaryl/α,β-unsaturated/α-hetero) is 1. The molecule has 0 atom stereocenters. The van der Waals surface area contributed by atoms with Gasteiger partial charge in [-0.05, 0) is 18.6 Å². The van der Waals surface area contributed by atoms with Crippen LogP contribution in [0.15, 0.2) is 29.2 Å². The lowest BCUT2D eigenvalue weighted by atomic mass is 10.1. The number of carbonyl (C=O) groups excluding carboxylic acids is 1. The number of rotatable bonds is 2. The number of hydrogen-bond acceptors (Lipinski definition) is 4. The largest absolute Gasteiger partial charge is 0.298 e. The summed E-state index contributed by atoms with van der Waals surface area (Å²) in [6.07, 6.45) is 0.957. The van der Waals surface area contributed by atoms with Crippen LogP contribution in [0.4, 0.5) is 0 Å². The van der Waals surface area contributed by atoms with Gasteiger partial charge >= 0.3 is 0 Å². The average molecular weight is 264 g/mol. The van der Waals surface area contributed by atoms with Gasteiger partial charge in [0.25, 0.3) is 0 Å². The van der Waals surface area contributed by atoms with E-state index in [4.69, 9.17) is 5.26 Å². The number of nitrogens with zero attached hydrogens (tertiary/aromatic N) is 2. The maximum Gasteiger partial charge on any atom is 0.244 e. The molecule has 0 aliphatic carbocycles. The van der Waals surface area contributed by atoms with Crippen molar-refractivity contribution in [1.29, 1.82) is 5.26 Å². The summed E-state index contributed by atoms with van der Waals surface area (Å²) in [5.74, 6) is -0.0840. The molecular weight excluding hydrogens is 252 g/mol. The molecule has 0 bridgehead atoms. The van der Waals surface area contributed by atoms with Gasteiger partial charge in [0.05, 0.1) is 17.0 Å². The van der Waals surface area contributed by atoms with Crippen LogP contribution in [0.5, 0.6) is 0 Å². The van der Waals surface area contributed by atoms with E-state index in [0.717, 1.165) is 4.31 Å². The van der Waals surface area contributed by atoms with Crippen LogP contribution in [-0.4, -0.2) is 31.6 Å². The first-order valence-electron chi connectivity index (χ1n) is 5.56. The maximum absolute atomic E-state index is 12.3. The molecule has 0 unspecified atom stereocenters. The number of hydrogen-bond donors (Lipinski definition) is 0. The van der Waals surface area contributed by atoms with Crippen LogP contribution in [0, 0.1) is 11.3 Å². The predicted octanol–water partition coefficient (Wildman–Crippen LogP) is 0.912. The lowest BCUT2D eigenvalue weighted by Crippen LogP contribution is -2.40. The Labute approximate surface area is 106 Å². The van der Waals surface area contributed by atoms with Gasteiger partial charge in [0, 0.05) is 13.0 Å². The van der Waals surface area contributed by atoms with Crippen LogP contribution < -0.4 is 0 Å². The van der Waals surface area contributed by atoms with Crippen molar-refractivity contribution in [2.45, 2.75) is 17.7 Å². The first kappa shape index (κ1) is 12.7. The van der Waals surface area contributed by atoms with Crippen molar-refractivity contribution < 1.29 is 13.2 Å². The molecule has 1 fully saturated rings. The van der Waals surface area contributed by atoms with Crippen LogP contribution >= 0.6 is 0 Å². The van der Waals surface area contributed by atoms with Crippen molar-refractivity contribution in [1.82, 2.24) is 4.31 Å². The van der Waals surface area contributed by atoms with Crippen LogP contribution in [0.3, 0.4) is 0 Å². The Morgan fingerprint density at radius 3 is 2.67 bits per heavy atom. The van der Waals surface area contributed by atoms with E-state index in [1.54, 1.807) is 12.1 Å². The molecule has 0 radical (unpaired) electrons. The Hall–Kier alpha value is -1.71. The Morgan fingerprint density at radius 1 is 1.28 bits per heavy atom. The van der Waals surface area contributed by atoms with E-state index in [1.165, 1.54) is 12.1 Å². The quantitative estimate of drug-likeness (QED) is 0.795. The summed E-state index contributed by atoms with van der Waals surface area (Å²) in [4.78, 5) is 11.3. The van der Waals surface area contributed by atoms with Gasteiger partial charge in [-0.2, -0.15) is 9.57 Å². The number of nitriles is 1. The molecule has 0 saturated carbocycles. The second kappa shape index (κ2) is 4.88. The van der Waals surface area contributed by atoms with E-state index < -0.39 is 10.0 Å². The number of ketones is 1. The zero-order valence-electron chi connectivity index (χ0n) is 9.67. The summed E-state index contributed by atoms with van der Waals surface area (Å²) >= 11 is 0. The highest BCUT2D eigenvalue weighted by molar-refractivity contribution is 7.89. The SMILES string of the molecule is N#Cc1ccccc1S(=O)(=O)N1CCCC(=O)C1. The van der Waals surface area contributed by atoms with E-state index >= 15 is 0 Å². The Morgan fingerprint density at radius 2 is 2.00 bits per heavy atom. The minimum Gasteiger partial charge on any atom is -0.298 e. The molecule has 18 heavy (non-hydrogen) atoms. The second-order valence-electron chi connectivity index (χ2n) is 4.09. The number of carbonyl (C=O) groups is 1. The number of benzene rings is 1. The Balaban J connectivity index is 2.42. The minimum absolute atomic E-state index is 0.0257. The second-order valence-corrected chi connectivity index (χ2v) is 6.00. The molecule has 1 aromatic rings. The highest BCUT2D eigenvalue weighted by Gasteiger charge is 2.30. The standard InChI is InChI=1S/C12H12N2O3S/c13-8-10-4-1-2-6-12(10)18(16,17)14-7-3-5-11(15)9-14/h1-2,4,6H,3,5,7,9H2. The molecule has 1 aromatic carbocycles. The van der Waals surface area contributed by atoms with Gasteiger partial charge in [-0.15, -0.1) is 0 Å². The van der Waals surface area contributed by atoms with Gasteiger partial charge in [-0.25, -0.2) is 8.42 Å². The molecular formula is C12H12N2O3S. The molecule has 2 rings (SSSR count). The number of piperidine rings is 1. The topological polar surface area (TPSA) is 78.2 Å². The zero-order valence-corrected chi connectivity index (χ0v) is 10.5. The average Bonchev–Trinajstić information content (AvgIpc) is 2.38. The lowest BCUT2D eigenvalue weighted by Gasteiger charge is -2.25. The smallest absolute Gasteiger partial charge is 0.244 e. The molecule has 1 saturated heterocycles. The fourth-order valence-electron chi connectivity index (χ4n) is 1.94. The van der Waals surface area contributed by atoms with Crippen molar-refractivity contribution >= 4 is 15.8 Å². The van der Waals surface area contributed by atoms with Crippen molar-refractivity contribution in [2.75, 3.05) is 13.1 Å². The van der Waals surface area contributed by atoms with Crippen molar-refractivity contribution in [3.8, 4) is 6.07 Å². The van der Waals surface area contributed by atoms with Gasteiger partial charge in [0.2, 0.25) is 10.0 Å². The molecule has 5 nitrogen and oxygen atoms in total. The van der Waals surface area contributed by atoms with E-state index in [0.29, 0.717) is 19.4 Å². The third kappa shape index (κ3) is 2.28. The summed E-state index contributed by atoms with van der Waals surface area (Å²) in [7, 11) is -3.75. The molecule has 94 valence electrons. The van der Waals surface area contributed by atoms with Crippen LogP contribution in [-0.2, 0) is 14.8 Å². The predicted molar refractivity (Wildman–Crippen MR) is 64.2 cm³/mol. The van der Waals surface area contributed by atoms with Crippen molar-refractivity contribution in [2.24, 2.45) is 0 Å². The first-order chi connectivity index (χ1) is 8.55. The molecule has 0 amide bonds. The van der Waals surface area contributed by atoms with Crippen molar-refractivity contribution in [3.63, 3.8) is 0 Å². The summed E-state index contributed by atoms with van der Waals surface area (Å²) in [6.45, 7) is 0.232. The molecule has 1 heterocycles. The molecule has 6 heteroatoms. The fraction of sp³-hybridized carbons (Fsp3) is 0.333. The maximum atomic E-state index is 12.3. The lowest BCUT2D eigenvalue weighted by molar-refractivity contribution is -0.120. The molecule has 1 aliphatic heterocycles. The number of sulfonamides is 1. The third-order valence-corrected chi connectivity index (χ3v) is 4.74. The summed E-state index contributed by atoms with van der Waals surface area (Å²) in [5, 5.41) is 8.93. The van der Waals surface area contributed by atoms with Crippen LogP contribution in [0.2, 0.25) is 0 Å². The van der Waals surface area contributed by atoms with Gasteiger partial charge in [-0.1, -0.05) is 12.1 Å². The summed E-state index contributed by atoms with van der Waals surface area (Å²) in [5.41, 5.74) is 0.107. The zero-order chi connectivity index (χ0) is 13.2. The fourth-order valence-corrected chi connectivity index (χ4v) is 3.54. The molecule has 0 aromatic heterocycles. The van der Waals surface area contributed by atoms with Crippen LogP contribution in [0.1, 0.15) is 18.4 Å². The normalized spacial score (nSPS) is 17.4. The third-order valence-electron chi connectivity index (χ3n) is 2.84. The monoisotopic (exact) mass is 264 g/mol. The first-order valence-corrected chi connectivity index (χ1v) is 7.00. The van der Waals surface area contributed by atoms with E-state index in [2.05, 4.69) is 0 Å². The van der Waals surface area contributed by atoms with Gasteiger partial charge < -0.3 is 0 Å². The minimum atomic E-state index is -3.75.